The van der Waals surface area contributed by atoms with Gasteiger partial charge in [-0.2, -0.15) is 0 Å². The van der Waals surface area contributed by atoms with Gasteiger partial charge < -0.3 is 24.4 Å². The first-order chi connectivity index (χ1) is 11.1. The third kappa shape index (κ3) is 3.39. The molecular weight excluding hydrogens is 296 g/mol. The Kier molecular flexibility index (Phi) is 4.66. The summed E-state index contributed by atoms with van der Waals surface area (Å²) in [4.78, 5) is 14.5. The minimum Gasteiger partial charge on any atom is -0.507 e. The van der Waals surface area contributed by atoms with Crippen LogP contribution < -0.4 is 15.4 Å². The molecule has 1 aromatic heterocycles. The smallest absolute Gasteiger partial charge is 0.336 e. The molecule has 3 rings (SSSR count). The van der Waals surface area contributed by atoms with Crippen molar-refractivity contribution in [1.29, 1.82) is 0 Å². The Hall–Kier alpha value is -1.89. The SMILES string of the molecule is Cc1cc(=O)oc2c(C[NH+]3CC[NH+](CCO)CC3)c(O)ccc12. The van der Waals surface area contributed by atoms with E-state index in [1.165, 1.54) is 15.9 Å². The molecular formula is C17H24N2O4+2. The second-order valence-corrected chi connectivity index (χ2v) is 6.34. The first-order valence-corrected chi connectivity index (χ1v) is 8.12. The molecule has 6 heteroatoms. The number of rotatable bonds is 4. The Labute approximate surface area is 134 Å². The summed E-state index contributed by atoms with van der Waals surface area (Å²) in [5.41, 5.74) is 1.70. The zero-order chi connectivity index (χ0) is 16.4. The standard InChI is InChI=1S/C17H22N2O4/c1-12-10-16(22)23-17-13(12)2-3-15(21)14(17)11-19-6-4-18(5-7-19)8-9-20/h2-3,10,20-21H,4-9,11H2,1H3/p+2. The third-order valence-electron chi connectivity index (χ3n) is 4.75. The van der Waals surface area contributed by atoms with Gasteiger partial charge in [0, 0.05) is 11.5 Å². The number of aromatic hydroxyl groups is 1. The summed E-state index contributed by atoms with van der Waals surface area (Å²) in [6.45, 7) is 7.49. The first kappa shape index (κ1) is 16.0. The highest BCUT2D eigenvalue weighted by atomic mass is 16.4. The van der Waals surface area contributed by atoms with Crippen LogP contribution in [0.15, 0.2) is 27.4 Å². The average molecular weight is 320 g/mol. The first-order valence-electron chi connectivity index (χ1n) is 8.12. The summed E-state index contributed by atoms with van der Waals surface area (Å²) in [7, 11) is 0. The maximum Gasteiger partial charge on any atom is 0.336 e. The van der Waals surface area contributed by atoms with Gasteiger partial charge in [-0.1, -0.05) is 0 Å². The minimum absolute atomic E-state index is 0.184. The van der Waals surface area contributed by atoms with Crippen LogP contribution in [0.5, 0.6) is 5.75 Å². The van der Waals surface area contributed by atoms with Crippen molar-refractivity contribution in [1.82, 2.24) is 0 Å². The van der Waals surface area contributed by atoms with E-state index in [-0.39, 0.29) is 18.0 Å². The fourth-order valence-electron chi connectivity index (χ4n) is 3.39. The molecule has 0 aliphatic carbocycles. The van der Waals surface area contributed by atoms with E-state index in [1.807, 2.05) is 6.92 Å². The van der Waals surface area contributed by atoms with Gasteiger partial charge in [-0.3, -0.25) is 0 Å². The maximum atomic E-state index is 11.7. The topological polar surface area (TPSA) is 79.5 Å². The number of phenolic OH excluding ortho intramolecular Hbond substituents is 1. The molecule has 1 fully saturated rings. The van der Waals surface area contributed by atoms with Crippen LogP contribution in [-0.2, 0) is 6.54 Å². The van der Waals surface area contributed by atoms with Crippen molar-refractivity contribution < 1.29 is 24.4 Å². The number of hydrogen-bond donors (Lipinski definition) is 4. The van der Waals surface area contributed by atoms with Crippen LogP contribution in [0.25, 0.3) is 11.0 Å². The molecule has 0 bridgehead atoms. The molecule has 0 amide bonds. The molecule has 124 valence electrons. The Morgan fingerprint density at radius 3 is 2.57 bits per heavy atom. The highest BCUT2D eigenvalue weighted by molar-refractivity contribution is 5.84. The van der Waals surface area contributed by atoms with Crippen molar-refractivity contribution in [3.63, 3.8) is 0 Å². The van der Waals surface area contributed by atoms with E-state index in [2.05, 4.69) is 0 Å². The second kappa shape index (κ2) is 6.70. The van der Waals surface area contributed by atoms with Crippen LogP contribution in [0.1, 0.15) is 11.1 Å². The van der Waals surface area contributed by atoms with Gasteiger partial charge in [0.2, 0.25) is 0 Å². The number of phenols is 1. The molecule has 1 aromatic carbocycles. The lowest BCUT2D eigenvalue weighted by Gasteiger charge is -2.29. The normalized spacial score (nSPS) is 21.7. The fourth-order valence-corrected chi connectivity index (χ4v) is 3.39. The molecule has 0 saturated carbocycles. The summed E-state index contributed by atoms with van der Waals surface area (Å²) < 4.78 is 5.39. The van der Waals surface area contributed by atoms with Crippen molar-refractivity contribution in [2.45, 2.75) is 13.5 Å². The van der Waals surface area contributed by atoms with Gasteiger partial charge in [-0.15, -0.1) is 0 Å². The Morgan fingerprint density at radius 1 is 1.17 bits per heavy atom. The van der Waals surface area contributed by atoms with Gasteiger partial charge in [-0.05, 0) is 24.6 Å². The third-order valence-corrected chi connectivity index (χ3v) is 4.75. The summed E-state index contributed by atoms with van der Waals surface area (Å²) in [6, 6.07) is 4.95. The molecule has 0 spiro atoms. The average Bonchev–Trinajstić information content (AvgIpc) is 2.52. The number of hydrogen-bond acceptors (Lipinski definition) is 4. The lowest BCUT2D eigenvalue weighted by Crippen LogP contribution is -3.27. The Morgan fingerprint density at radius 2 is 1.87 bits per heavy atom. The maximum absolute atomic E-state index is 11.7. The van der Waals surface area contributed by atoms with Crippen LogP contribution in [0.4, 0.5) is 0 Å². The monoisotopic (exact) mass is 320 g/mol. The predicted octanol–water partition coefficient (Wildman–Crippen LogP) is -1.92. The quantitative estimate of drug-likeness (QED) is 0.496. The number of aliphatic hydroxyl groups excluding tert-OH is 1. The van der Waals surface area contributed by atoms with Crippen LogP contribution in [0.2, 0.25) is 0 Å². The number of piperazine rings is 1. The lowest BCUT2D eigenvalue weighted by molar-refractivity contribution is -1.02. The number of aliphatic hydroxyl groups is 1. The van der Waals surface area contributed by atoms with Gasteiger partial charge in [-0.25, -0.2) is 4.79 Å². The number of quaternary nitrogens is 2. The molecule has 2 heterocycles. The van der Waals surface area contributed by atoms with Crippen molar-refractivity contribution in [2.75, 3.05) is 39.3 Å². The van der Waals surface area contributed by atoms with E-state index in [0.717, 1.165) is 43.7 Å². The second-order valence-electron chi connectivity index (χ2n) is 6.34. The molecule has 1 aliphatic heterocycles. The molecule has 23 heavy (non-hydrogen) atoms. The van der Waals surface area contributed by atoms with Gasteiger partial charge >= 0.3 is 5.63 Å². The van der Waals surface area contributed by atoms with E-state index in [1.54, 1.807) is 12.1 Å². The molecule has 2 aromatic rings. The van der Waals surface area contributed by atoms with Crippen molar-refractivity contribution >= 4 is 11.0 Å². The summed E-state index contributed by atoms with van der Waals surface area (Å²) >= 11 is 0. The van der Waals surface area contributed by atoms with E-state index in [9.17, 15) is 9.90 Å². The fraction of sp³-hybridized carbons (Fsp3) is 0.471. The van der Waals surface area contributed by atoms with Crippen molar-refractivity contribution in [2.24, 2.45) is 0 Å². The van der Waals surface area contributed by atoms with Gasteiger partial charge in [0.05, 0.1) is 12.2 Å². The number of fused-ring (bicyclic) bond motifs is 1. The molecule has 0 radical (unpaired) electrons. The lowest BCUT2D eigenvalue weighted by atomic mass is 10.1. The van der Waals surface area contributed by atoms with Crippen LogP contribution >= 0.6 is 0 Å². The molecule has 4 N–H and O–H groups in total. The number of nitrogens with one attached hydrogen (secondary N) is 2. The number of aryl methyl sites for hydroxylation is 1. The van der Waals surface area contributed by atoms with Crippen molar-refractivity contribution in [3.8, 4) is 5.75 Å². The molecule has 0 atom stereocenters. The zero-order valence-electron chi connectivity index (χ0n) is 13.4. The summed E-state index contributed by atoms with van der Waals surface area (Å²) in [5.74, 6) is 0.184. The van der Waals surface area contributed by atoms with Gasteiger partial charge in [0.15, 0.2) is 5.58 Å². The zero-order valence-corrected chi connectivity index (χ0v) is 13.4. The molecule has 1 aliphatic rings. The molecule has 0 unspecified atom stereocenters. The van der Waals surface area contributed by atoms with Crippen molar-refractivity contribution in [3.05, 3.63) is 39.7 Å². The predicted molar refractivity (Wildman–Crippen MR) is 85.9 cm³/mol. The minimum atomic E-state index is -0.381. The van der Waals surface area contributed by atoms with Crippen LogP contribution in [-0.4, -0.2) is 49.5 Å². The summed E-state index contributed by atoms with van der Waals surface area (Å²) in [6.07, 6.45) is 0. The summed E-state index contributed by atoms with van der Waals surface area (Å²) in [5, 5.41) is 20.1. The van der Waals surface area contributed by atoms with Gasteiger partial charge in [0.25, 0.3) is 0 Å². The highest BCUT2D eigenvalue weighted by Crippen LogP contribution is 2.27. The van der Waals surface area contributed by atoms with E-state index in [0.29, 0.717) is 17.7 Å². The van der Waals surface area contributed by atoms with Crippen LogP contribution in [0.3, 0.4) is 0 Å². The van der Waals surface area contributed by atoms with E-state index < -0.39 is 0 Å². The molecule has 1 saturated heterocycles. The van der Waals surface area contributed by atoms with Crippen LogP contribution in [0, 0.1) is 6.92 Å². The Balaban J connectivity index is 1.86. The Bertz CT molecular complexity index is 748. The molecule has 6 nitrogen and oxygen atoms in total. The van der Waals surface area contributed by atoms with E-state index >= 15 is 0 Å². The largest absolute Gasteiger partial charge is 0.507 e. The highest BCUT2D eigenvalue weighted by Gasteiger charge is 2.25. The number of benzene rings is 1. The van der Waals surface area contributed by atoms with Gasteiger partial charge in [0.1, 0.15) is 45.0 Å². The van der Waals surface area contributed by atoms with E-state index in [4.69, 9.17) is 9.52 Å².